The van der Waals surface area contributed by atoms with Gasteiger partial charge in [0.2, 0.25) is 0 Å². The van der Waals surface area contributed by atoms with Gasteiger partial charge in [-0.05, 0) is 47.9 Å². The van der Waals surface area contributed by atoms with Crippen molar-refractivity contribution in [3.63, 3.8) is 0 Å². The first-order valence-electron chi connectivity index (χ1n) is 11.2. The normalized spacial score (nSPS) is 16.9. The first-order chi connectivity index (χ1) is 16.2. The lowest BCUT2D eigenvalue weighted by Gasteiger charge is -2.40. The molecule has 2 aliphatic rings. The molecule has 2 aromatic heterocycles. The number of hydrogen-bond donors (Lipinski definition) is 0. The standard InChI is InChI=1S/C26H27N5OS/c1-3-19-7-10-24(29-23(19)4-2)30-17-21(18-30)26-25(27-11-12-28-26)20-5-8-22(9-6-20)33-31-13-15-32-16-14-31/h3-12,21H,1-2,13-18H2. The molecule has 5 rings (SSSR count). The predicted octanol–water partition coefficient (Wildman–Crippen LogP) is 4.77. The molecule has 0 saturated carbocycles. The van der Waals surface area contributed by atoms with Gasteiger partial charge >= 0.3 is 0 Å². The summed E-state index contributed by atoms with van der Waals surface area (Å²) in [4.78, 5) is 17.6. The number of nitrogens with zero attached hydrogens (tertiary/aromatic N) is 5. The summed E-state index contributed by atoms with van der Waals surface area (Å²) in [6.45, 7) is 13.0. The molecule has 0 aliphatic carbocycles. The Bertz CT molecular complexity index is 1140. The fraction of sp³-hybridized carbons (Fsp3) is 0.269. The lowest BCUT2D eigenvalue weighted by atomic mass is 9.92. The minimum absolute atomic E-state index is 0.323. The van der Waals surface area contributed by atoms with Gasteiger partial charge in [-0.3, -0.25) is 9.97 Å². The zero-order valence-corrected chi connectivity index (χ0v) is 19.4. The molecular weight excluding hydrogens is 430 g/mol. The Hall–Kier alpha value is -3.00. The Balaban J connectivity index is 1.29. The maximum atomic E-state index is 5.44. The van der Waals surface area contributed by atoms with Gasteiger partial charge in [0.25, 0.3) is 0 Å². The molecule has 0 amide bonds. The lowest BCUT2D eigenvalue weighted by molar-refractivity contribution is 0.0773. The maximum Gasteiger partial charge on any atom is 0.129 e. The lowest BCUT2D eigenvalue weighted by Crippen LogP contribution is -2.46. The molecule has 3 aromatic rings. The van der Waals surface area contributed by atoms with Crippen molar-refractivity contribution in [2.24, 2.45) is 0 Å². The summed E-state index contributed by atoms with van der Waals surface area (Å²) in [5.41, 5.74) is 4.98. The molecular formula is C26H27N5OS. The highest BCUT2D eigenvalue weighted by Crippen LogP contribution is 2.35. The van der Waals surface area contributed by atoms with Gasteiger partial charge in [-0.15, -0.1) is 0 Å². The molecule has 0 unspecified atom stereocenters. The van der Waals surface area contributed by atoms with Crippen LogP contribution in [0, 0.1) is 0 Å². The van der Waals surface area contributed by atoms with E-state index in [0.717, 1.165) is 73.4 Å². The number of aromatic nitrogens is 3. The molecule has 0 atom stereocenters. The molecule has 2 fully saturated rings. The van der Waals surface area contributed by atoms with Crippen LogP contribution in [0.5, 0.6) is 0 Å². The van der Waals surface area contributed by atoms with Crippen LogP contribution >= 0.6 is 11.9 Å². The van der Waals surface area contributed by atoms with Gasteiger partial charge in [0.15, 0.2) is 0 Å². The minimum atomic E-state index is 0.323. The first kappa shape index (κ1) is 21.8. The van der Waals surface area contributed by atoms with Crippen LogP contribution < -0.4 is 4.90 Å². The highest BCUT2D eigenvalue weighted by atomic mass is 32.2. The average molecular weight is 458 g/mol. The smallest absolute Gasteiger partial charge is 0.129 e. The van der Waals surface area contributed by atoms with E-state index < -0.39 is 0 Å². The Kier molecular flexibility index (Phi) is 6.53. The van der Waals surface area contributed by atoms with Gasteiger partial charge in [-0.25, -0.2) is 9.29 Å². The van der Waals surface area contributed by atoms with Gasteiger partial charge < -0.3 is 9.64 Å². The highest BCUT2D eigenvalue weighted by Gasteiger charge is 2.32. The molecule has 168 valence electrons. The van der Waals surface area contributed by atoms with E-state index in [1.165, 1.54) is 4.90 Å². The van der Waals surface area contributed by atoms with Crippen molar-refractivity contribution in [2.45, 2.75) is 10.8 Å². The van der Waals surface area contributed by atoms with E-state index in [-0.39, 0.29) is 0 Å². The van der Waals surface area contributed by atoms with E-state index in [2.05, 4.69) is 46.6 Å². The quantitative estimate of drug-likeness (QED) is 0.474. The van der Waals surface area contributed by atoms with Gasteiger partial charge in [0.1, 0.15) is 5.82 Å². The van der Waals surface area contributed by atoms with E-state index in [9.17, 15) is 0 Å². The van der Waals surface area contributed by atoms with E-state index in [1.807, 2.05) is 18.2 Å². The molecule has 6 nitrogen and oxygen atoms in total. The Morgan fingerprint density at radius 3 is 2.42 bits per heavy atom. The van der Waals surface area contributed by atoms with Crippen LogP contribution in [0.15, 0.2) is 66.8 Å². The maximum absolute atomic E-state index is 5.44. The van der Waals surface area contributed by atoms with E-state index >= 15 is 0 Å². The van der Waals surface area contributed by atoms with Crippen LogP contribution in [0.25, 0.3) is 23.4 Å². The van der Waals surface area contributed by atoms with E-state index in [4.69, 9.17) is 19.7 Å². The second-order valence-corrected chi connectivity index (χ2v) is 9.27. The fourth-order valence-electron chi connectivity index (χ4n) is 4.16. The first-order valence-corrected chi connectivity index (χ1v) is 12.0. The van der Waals surface area contributed by atoms with Crippen LogP contribution in [0.3, 0.4) is 0 Å². The summed E-state index contributed by atoms with van der Waals surface area (Å²) >= 11 is 1.79. The van der Waals surface area contributed by atoms with E-state index in [1.54, 1.807) is 30.4 Å². The van der Waals surface area contributed by atoms with Gasteiger partial charge in [-0.1, -0.05) is 31.4 Å². The van der Waals surface area contributed by atoms with Crippen molar-refractivity contribution >= 4 is 29.9 Å². The molecule has 1 aromatic carbocycles. The molecule has 7 heteroatoms. The Labute approximate surface area is 199 Å². The topological polar surface area (TPSA) is 54.4 Å². The van der Waals surface area contributed by atoms with Gasteiger partial charge in [0.05, 0.1) is 30.3 Å². The van der Waals surface area contributed by atoms with Gasteiger partial charge in [-0.2, -0.15) is 0 Å². The number of benzene rings is 1. The van der Waals surface area contributed by atoms with Crippen LogP contribution in [0.2, 0.25) is 0 Å². The molecule has 2 saturated heterocycles. The number of hydrogen-bond acceptors (Lipinski definition) is 7. The van der Waals surface area contributed by atoms with Crippen LogP contribution in [-0.2, 0) is 4.74 Å². The third-order valence-electron chi connectivity index (χ3n) is 6.01. The largest absolute Gasteiger partial charge is 0.379 e. The number of rotatable bonds is 7. The van der Waals surface area contributed by atoms with Crippen molar-refractivity contribution in [3.8, 4) is 11.3 Å². The zero-order chi connectivity index (χ0) is 22.6. The number of pyridine rings is 1. The second kappa shape index (κ2) is 9.87. The summed E-state index contributed by atoms with van der Waals surface area (Å²) in [6.07, 6.45) is 7.15. The Morgan fingerprint density at radius 2 is 1.70 bits per heavy atom. The molecule has 4 heterocycles. The van der Waals surface area contributed by atoms with Crippen molar-refractivity contribution in [2.75, 3.05) is 44.3 Å². The summed E-state index contributed by atoms with van der Waals surface area (Å²) in [5, 5.41) is 0. The summed E-state index contributed by atoms with van der Waals surface area (Å²) in [7, 11) is 0. The van der Waals surface area contributed by atoms with Gasteiger partial charge in [0, 0.05) is 54.9 Å². The molecule has 0 bridgehead atoms. The fourth-order valence-corrected chi connectivity index (χ4v) is 5.04. The number of anilines is 1. The third-order valence-corrected chi connectivity index (χ3v) is 7.11. The minimum Gasteiger partial charge on any atom is -0.379 e. The van der Waals surface area contributed by atoms with Crippen LogP contribution in [-0.4, -0.2) is 58.6 Å². The summed E-state index contributed by atoms with van der Waals surface area (Å²) in [6, 6.07) is 12.7. The van der Waals surface area contributed by atoms with Crippen LogP contribution in [0.1, 0.15) is 22.9 Å². The summed E-state index contributed by atoms with van der Waals surface area (Å²) in [5.74, 6) is 1.28. The van der Waals surface area contributed by atoms with E-state index in [0.29, 0.717) is 5.92 Å². The zero-order valence-electron chi connectivity index (χ0n) is 18.6. The average Bonchev–Trinajstić information content (AvgIpc) is 2.84. The predicted molar refractivity (Wildman–Crippen MR) is 135 cm³/mol. The van der Waals surface area contributed by atoms with Crippen molar-refractivity contribution in [1.29, 1.82) is 0 Å². The molecule has 0 radical (unpaired) electrons. The number of morpholine rings is 1. The Morgan fingerprint density at radius 1 is 0.939 bits per heavy atom. The van der Waals surface area contributed by atoms with Crippen LogP contribution in [0.4, 0.5) is 5.82 Å². The third kappa shape index (κ3) is 4.71. The highest BCUT2D eigenvalue weighted by molar-refractivity contribution is 7.97. The molecule has 0 N–H and O–H groups in total. The molecule has 33 heavy (non-hydrogen) atoms. The molecule has 0 spiro atoms. The van der Waals surface area contributed by atoms with Crippen molar-refractivity contribution < 1.29 is 4.74 Å². The monoisotopic (exact) mass is 457 g/mol. The summed E-state index contributed by atoms with van der Waals surface area (Å²) < 4.78 is 7.79. The van der Waals surface area contributed by atoms with Crippen molar-refractivity contribution in [1.82, 2.24) is 19.3 Å². The second-order valence-electron chi connectivity index (χ2n) is 8.10. The number of ether oxygens (including phenoxy) is 1. The van der Waals surface area contributed by atoms with Crippen molar-refractivity contribution in [3.05, 3.63) is 78.9 Å². The molecule has 2 aliphatic heterocycles. The SMILES string of the molecule is C=Cc1ccc(N2CC(c3nccnc3-c3ccc(SN4CCOCC4)cc3)C2)nc1C=C.